The lowest BCUT2D eigenvalue weighted by molar-refractivity contribution is 0.185. The summed E-state index contributed by atoms with van der Waals surface area (Å²) in [6, 6.07) is 3.77. The second-order valence-electron chi connectivity index (χ2n) is 2.24. The van der Waals surface area contributed by atoms with E-state index < -0.39 is 0 Å². The van der Waals surface area contributed by atoms with E-state index in [-0.39, 0.29) is 0 Å². The predicted molar refractivity (Wildman–Crippen MR) is 44.0 cm³/mol. The van der Waals surface area contributed by atoms with Gasteiger partial charge < -0.3 is 0 Å². The van der Waals surface area contributed by atoms with E-state index in [0.29, 0.717) is 6.54 Å². The van der Waals surface area contributed by atoms with Gasteiger partial charge in [-0.05, 0) is 17.7 Å². The summed E-state index contributed by atoms with van der Waals surface area (Å²) in [6.45, 7) is 0.572. The Morgan fingerprint density at radius 3 is 2.75 bits per heavy atom. The predicted octanol–water partition coefficient (Wildman–Crippen LogP) is 0.964. The maximum atomic E-state index is 6.78. The number of hydrogen-bond acceptors (Lipinski definition) is 4. The normalized spacial score (nSPS) is 9.42. The van der Waals surface area contributed by atoms with Crippen molar-refractivity contribution in [2.45, 2.75) is 6.54 Å². The Morgan fingerprint density at radius 1 is 1.58 bits per heavy atom. The molecule has 0 atom stereocenters. The zero-order valence-electron chi connectivity index (χ0n) is 6.86. The first-order valence-electron chi connectivity index (χ1n) is 3.58. The van der Waals surface area contributed by atoms with Crippen LogP contribution in [0.5, 0.6) is 0 Å². The van der Waals surface area contributed by atoms with Crippen LogP contribution in [0.3, 0.4) is 0 Å². The first kappa shape index (κ1) is 8.61. The van der Waals surface area contributed by atoms with Gasteiger partial charge in [0.15, 0.2) is 0 Å². The van der Waals surface area contributed by atoms with Gasteiger partial charge in [0, 0.05) is 19.4 Å². The fraction of sp³-hybridized carbons (Fsp3) is 0.286. The quantitative estimate of drug-likeness (QED) is 0.516. The third-order valence-corrected chi connectivity index (χ3v) is 1.46. The molecule has 0 saturated carbocycles. The van der Waals surface area contributed by atoms with Crippen molar-refractivity contribution < 1.29 is 0 Å². The topological polar surface area (TPSA) is 64.4 Å². The maximum Gasteiger partial charge on any atom is 0.0801 e. The summed E-state index contributed by atoms with van der Waals surface area (Å²) < 4.78 is 0. The zero-order valence-corrected chi connectivity index (χ0v) is 6.86. The molecule has 5 nitrogen and oxygen atoms in total. The van der Waals surface area contributed by atoms with Gasteiger partial charge in [-0.25, -0.2) is 10.5 Å². The van der Waals surface area contributed by atoms with E-state index in [0.717, 1.165) is 5.56 Å². The summed E-state index contributed by atoms with van der Waals surface area (Å²) >= 11 is 0. The van der Waals surface area contributed by atoms with Crippen LogP contribution in [-0.4, -0.2) is 17.1 Å². The molecule has 0 aliphatic carbocycles. The highest BCUT2D eigenvalue weighted by molar-refractivity contribution is 5.08. The Balaban J connectivity index is 2.56. The average Bonchev–Trinajstić information content (AvgIpc) is 2.16. The largest absolute Gasteiger partial charge is 0.265 e. The van der Waals surface area contributed by atoms with Crippen molar-refractivity contribution in [3.8, 4) is 0 Å². The van der Waals surface area contributed by atoms with Gasteiger partial charge in [-0.2, -0.15) is 5.53 Å². The van der Waals surface area contributed by atoms with E-state index >= 15 is 0 Å². The first-order chi connectivity index (χ1) is 5.86. The van der Waals surface area contributed by atoms with Crippen LogP contribution in [0.2, 0.25) is 0 Å². The number of nitrogens with zero attached hydrogens (tertiary/aromatic N) is 3. The van der Waals surface area contributed by atoms with Crippen molar-refractivity contribution in [3.05, 3.63) is 30.1 Å². The molecule has 1 aromatic rings. The molecule has 0 aliphatic rings. The van der Waals surface area contributed by atoms with Crippen molar-refractivity contribution in [2.75, 3.05) is 7.05 Å². The average molecular weight is 165 g/mol. The van der Waals surface area contributed by atoms with Crippen LogP contribution in [-0.2, 0) is 6.54 Å². The Kier molecular flexibility index (Phi) is 3.16. The lowest BCUT2D eigenvalue weighted by atomic mass is 10.3. The van der Waals surface area contributed by atoms with E-state index in [1.807, 2.05) is 12.1 Å². The van der Waals surface area contributed by atoms with Crippen molar-refractivity contribution in [3.63, 3.8) is 0 Å². The molecule has 0 bridgehead atoms. The molecule has 0 aromatic carbocycles. The number of hydrazine groups is 1. The molecule has 0 radical (unpaired) electrons. The Hall–Kier alpha value is -1.49. The van der Waals surface area contributed by atoms with E-state index in [1.165, 1.54) is 5.12 Å². The van der Waals surface area contributed by atoms with Gasteiger partial charge in [-0.15, -0.1) is 0 Å². The number of pyridine rings is 1. The standard InChI is InChI=1S/C7H11N5/c1-9-12(11-8)6-7-2-4-10-5-3-7/h2-5,8-9H,6H2,1H3. The highest BCUT2D eigenvalue weighted by Crippen LogP contribution is 1.99. The van der Waals surface area contributed by atoms with E-state index in [9.17, 15) is 0 Å². The van der Waals surface area contributed by atoms with Crippen LogP contribution in [0, 0.1) is 5.53 Å². The molecule has 0 amide bonds. The molecule has 1 aromatic heterocycles. The van der Waals surface area contributed by atoms with Gasteiger partial charge in [0.25, 0.3) is 0 Å². The van der Waals surface area contributed by atoms with Crippen molar-refractivity contribution in [2.24, 2.45) is 5.22 Å². The summed E-state index contributed by atoms with van der Waals surface area (Å²) in [6.07, 6.45) is 3.43. The Bertz CT molecular complexity index is 235. The Morgan fingerprint density at radius 2 is 2.25 bits per heavy atom. The number of aromatic nitrogens is 1. The molecule has 64 valence electrons. The summed E-state index contributed by atoms with van der Waals surface area (Å²) in [5.41, 5.74) is 10.6. The van der Waals surface area contributed by atoms with Gasteiger partial charge >= 0.3 is 0 Å². The molecular weight excluding hydrogens is 154 g/mol. The smallest absolute Gasteiger partial charge is 0.0801 e. The number of hydrogen-bond donors (Lipinski definition) is 2. The van der Waals surface area contributed by atoms with Crippen LogP contribution in [0.4, 0.5) is 0 Å². The maximum absolute atomic E-state index is 6.78. The fourth-order valence-electron chi connectivity index (χ4n) is 0.826. The molecule has 0 fully saturated rings. The van der Waals surface area contributed by atoms with Crippen molar-refractivity contribution in [1.29, 1.82) is 5.53 Å². The van der Waals surface area contributed by atoms with E-state index in [1.54, 1.807) is 19.4 Å². The lowest BCUT2D eigenvalue weighted by Crippen LogP contribution is -2.28. The van der Waals surface area contributed by atoms with Crippen LogP contribution in [0.25, 0.3) is 0 Å². The van der Waals surface area contributed by atoms with Gasteiger partial charge in [0.2, 0.25) is 0 Å². The first-order valence-corrected chi connectivity index (χ1v) is 3.58. The second-order valence-corrected chi connectivity index (χ2v) is 2.24. The minimum absolute atomic E-state index is 0.572. The third-order valence-electron chi connectivity index (χ3n) is 1.46. The van der Waals surface area contributed by atoms with Crippen molar-refractivity contribution in [1.82, 2.24) is 15.5 Å². The second kappa shape index (κ2) is 4.40. The fourth-order valence-corrected chi connectivity index (χ4v) is 0.826. The molecule has 12 heavy (non-hydrogen) atoms. The van der Waals surface area contributed by atoms with Crippen LogP contribution in [0.15, 0.2) is 29.7 Å². The zero-order chi connectivity index (χ0) is 8.81. The van der Waals surface area contributed by atoms with E-state index in [2.05, 4.69) is 15.6 Å². The molecule has 2 N–H and O–H groups in total. The minimum Gasteiger partial charge on any atom is -0.265 e. The van der Waals surface area contributed by atoms with Gasteiger partial charge in [-0.1, -0.05) is 5.22 Å². The summed E-state index contributed by atoms with van der Waals surface area (Å²) in [5, 5.41) is 4.68. The minimum atomic E-state index is 0.572. The SMILES string of the molecule is CNN(Cc1ccncc1)N=N. The molecule has 0 saturated heterocycles. The van der Waals surface area contributed by atoms with Crippen LogP contribution >= 0.6 is 0 Å². The highest BCUT2D eigenvalue weighted by atomic mass is 15.7. The molecule has 1 rings (SSSR count). The molecule has 0 aliphatic heterocycles. The molecule has 0 unspecified atom stereocenters. The lowest BCUT2D eigenvalue weighted by Gasteiger charge is -2.14. The molecular formula is C7H11N5. The van der Waals surface area contributed by atoms with Crippen LogP contribution < -0.4 is 5.43 Å². The number of rotatable bonds is 4. The summed E-state index contributed by atoms with van der Waals surface area (Å²) in [4.78, 5) is 3.89. The Labute approximate surface area is 70.9 Å². The monoisotopic (exact) mass is 165 g/mol. The third kappa shape index (κ3) is 2.28. The van der Waals surface area contributed by atoms with Crippen LogP contribution in [0.1, 0.15) is 5.56 Å². The van der Waals surface area contributed by atoms with Gasteiger partial charge in [-0.3, -0.25) is 4.98 Å². The number of nitrogens with one attached hydrogen (secondary N) is 2. The molecule has 0 spiro atoms. The molecule has 1 heterocycles. The molecule has 5 heteroatoms. The summed E-state index contributed by atoms with van der Waals surface area (Å²) in [7, 11) is 1.72. The highest BCUT2D eigenvalue weighted by Gasteiger charge is 1.97. The van der Waals surface area contributed by atoms with Gasteiger partial charge in [0.1, 0.15) is 0 Å². The van der Waals surface area contributed by atoms with Gasteiger partial charge in [0.05, 0.1) is 6.54 Å². The van der Waals surface area contributed by atoms with E-state index in [4.69, 9.17) is 5.53 Å². The summed E-state index contributed by atoms with van der Waals surface area (Å²) in [5.74, 6) is 0. The van der Waals surface area contributed by atoms with Crippen molar-refractivity contribution >= 4 is 0 Å².